The standard InChI is InChI=1S/C19H23NO5S/c1-12(2)25-19(21)15-8-9-17(24-5)16(11-15)20-26(22,23)18-10-13(3)6-7-14(18)4/h6-12,20H,1-5H3. The number of aryl methyl sites for hydroxylation is 2. The Balaban J connectivity index is 2.43. The van der Waals surface area contributed by atoms with E-state index in [9.17, 15) is 13.2 Å². The summed E-state index contributed by atoms with van der Waals surface area (Å²) in [4.78, 5) is 12.3. The van der Waals surface area contributed by atoms with Gasteiger partial charge in [0.05, 0.1) is 29.4 Å². The summed E-state index contributed by atoms with van der Waals surface area (Å²) in [5.74, 6) is -0.227. The fraction of sp³-hybridized carbons (Fsp3) is 0.316. The molecule has 0 fully saturated rings. The molecular weight excluding hydrogens is 354 g/mol. The highest BCUT2D eigenvalue weighted by atomic mass is 32.2. The predicted octanol–water partition coefficient (Wildman–Crippen LogP) is 3.68. The molecule has 0 heterocycles. The average molecular weight is 377 g/mol. The molecule has 0 bridgehead atoms. The lowest BCUT2D eigenvalue weighted by Crippen LogP contribution is -2.16. The number of sulfonamides is 1. The summed E-state index contributed by atoms with van der Waals surface area (Å²) >= 11 is 0. The number of anilines is 1. The van der Waals surface area contributed by atoms with Gasteiger partial charge in [-0.15, -0.1) is 0 Å². The highest BCUT2D eigenvalue weighted by Crippen LogP contribution is 2.29. The van der Waals surface area contributed by atoms with Crippen molar-refractivity contribution in [3.63, 3.8) is 0 Å². The van der Waals surface area contributed by atoms with Crippen molar-refractivity contribution in [2.75, 3.05) is 11.8 Å². The molecule has 0 spiro atoms. The number of carbonyl (C=O) groups is 1. The maximum absolute atomic E-state index is 12.8. The monoisotopic (exact) mass is 377 g/mol. The first-order chi connectivity index (χ1) is 12.1. The first-order valence-corrected chi connectivity index (χ1v) is 9.61. The van der Waals surface area contributed by atoms with Crippen molar-refractivity contribution in [2.24, 2.45) is 0 Å². The molecular formula is C19H23NO5S. The van der Waals surface area contributed by atoms with Crippen molar-refractivity contribution in [2.45, 2.75) is 38.7 Å². The summed E-state index contributed by atoms with van der Waals surface area (Å²) in [6, 6.07) is 9.65. The van der Waals surface area contributed by atoms with E-state index in [0.29, 0.717) is 11.3 Å². The second-order valence-electron chi connectivity index (χ2n) is 6.24. The van der Waals surface area contributed by atoms with E-state index in [4.69, 9.17) is 9.47 Å². The summed E-state index contributed by atoms with van der Waals surface area (Å²) in [5, 5.41) is 0. The zero-order valence-corrected chi connectivity index (χ0v) is 16.3. The SMILES string of the molecule is COc1ccc(C(=O)OC(C)C)cc1NS(=O)(=O)c1cc(C)ccc1C. The van der Waals surface area contributed by atoms with Crippen LogP contribution in [0.15, 0.2) is 41.3 Å². The molecule has 2 aromatic rings. The molecule has 0 amide bonds. The Kier molecular flexibility index (Phi) is 5.92. The minimum Gasteiger partial charge on any atom is -0.495 e. The van der Waals surface area contributed by atoms with E-state index in [-0.39, 0.29) is 22.3 Å². The maximum Gasteiger partial charge on any atom is 0.338 e. The third-order valence-corrected chi connectivity index (χ3v) is 5.16. The number of hydrogen-bond acceptors (Lipinski definition) is 5. The van der Waals surface area contributed by atoms with Crippen LogP contribution in [0.1, 0.15) is 35.3 Å². The summed E-state index contributed by atoms with van der Waals surface area (Å²) in [7, 11) is -2.42. The van der Waals surface area contributed by atoms with Gasteiger partial charge in [0.2, 0.25) is 0 Å². The zero-order chi connectivity index (χ0) is 19.5. The summed E-state index contributed by atoms with van der Waals surface area (Å²) < 4.78 is 38.5. The van der Waals surface area contributed by atoms with Crippen molar-refractivity contribution in [3.8, 4) is 5.75 Å². The van der Waals surface area contributed by atoms with Crippen LogP contribution in [-0.4, -0.2) is 27.6 Å². The molecule has 0 aliphatic heterocycles. The Bertz CT molecular complexity index is 920. The van der Waals surface area contributed by atoms with Crippen LogP contribution < -0.4 is 9.46 Å². The van der Waals surface area contributed by atoms with Gasteiger partial charge in [-0.25, -0.2) is 13.2 Å². The van der Waals surface area contributed by atoms with Crippen LogP contribution in [0.5, 0.6) is 5.75 Å². The fourth-order valence-electron chi connectivity index (χ4n) is 2.39. The lowest BCUT2D eigenvalue weighted by atomic mass is 10.2. The third-order valence-electron chi connectivity index (χ3n) is 3.66. The molecule has 0 saturated heterocycles. The van der Waals surface area contributed by atoms with Crippen LogP contribution in [0.3, 0.4) is 0 Å². The summed E-state index contributed by atoms with van der Waals surface area (Å²) in [6.45, 7) is 7.03. The van der Waals surface area contributed by atoms with E-state index in [0.717, 1.165) is 5.56 Å². The largest absolute Gasteiger partial charge is 0.495 e. The van der Waals surface area contributed by atoms with E-state index in [1.807, 2.05) is 13.0 Å². The van der Waals surface area contributed by atoms with Crippen molar-refractivity contribution in [1.82, 2.24) is 0 Å². The number of nitrogens with one attached hydrogen (secondary N) is 1. The number of ether oxygens (including phenoxy) is 2. The average Bonchev–Trinajstić information content (AvgIpc) is 2.56. The van der Waals surface area contributed by atoms with Crippen molar-refractivity contribution >= 4 is 21.7 Å². The molecule has 0 aliphatic rings. The van der Waals surface area contributed by atoms with Crippen LogP contribution in [-0.2, 0) is 14.8 Å². The molecule has 0 atom stereocenters. The van der Waals surface area contributed by atoms with E-state index >= 15 is 0 Å². The molecule has 6 nitrogen and oxygen atoms in total. The van der Waals surface area contributed by atoms with Crippen LogP contribution in [0, 0.1) is 13.8 Å². The van der Waals surface area contributed by atoms with E-state index in [1.54, 1.807) is 32.9 Å². The highest BCUT2D eigenvalue weighted by molar-refractivity contribution is 7.92. The van der Waals surface area contributed by atoms with Gasteiger partial charge >= 0.3 is 5.97 Å². The minimum absolute atomic E-state index is 0.173. The number of benzene rings is 2. The molecule has 2 aromatic carbocycles. The molecule has 26 heavy (non-hydrogen) atoms. The van der Waals surface area contributed by atoms with Gasteiger partial charge in [0.1, 0.15) is 5.75 Å². The quantitative estimate of drug-likeness (QED) is 0.777. The maximum atomic E-state index is 12.8. The van der Waals surface area contributed by atoms with Crippen molar-refractivity contribution in [1.29, 1.82) is 0 Å². The van der Waals surface area contributed by atoms with E-state index < -0.39 is 16.0 Å². The normalized spacial score (nSPS) is 11.3. The van der Waals surface area contributed by atoms with Gasteiger partial charge in [0.15, 0.2) is 0 Å². The Morgan fingerprint density at radius 2 is 1.77 bits per heavy atom. The molecule has 1 N–H and O–H groups in total. The lowest BCUT2D eigenvalue weighted by Gasteiger charge is -2.15. The van der Waals surface area contributed by atoms with Gasteiger partial charge in [0, 0.05) is 0 Å². The van der Waals surface area contributed by atoms with Gasteiger partial charge in [0.25, 0.3) is 10.0 Å². The Hall–Kier alpha value is -2.54. The number of carbonyl (C=O) groups excluding carboxylic acids is 1. The third kappa shape index (κ3) is 4.54. The minimum atomic E-state index is -3.85. The first kappa shape index (κ1) is 19.8. The highest BCUT2D eigenvalue weighted by Gasteiger charge is 2.20. The Labute approximate surface area is 154 Å². The van der Waals surface area contributed by atoms with Crippen LogP contribution in [0.4, 0.5) is 5.69 Å². The van der Waals surface area contributed by atoms with E-state index in [2.05, 4.69) is 4.72 Å². The molecule has 0 aliphatic carbocycles. The Morgan fingerprint density at radius 3 is 2.38 bits per heavy atom. The molecule has 0 unspecified atom stereocenters. The first-order valence-electron chi connectivity index (χ1n) is 8.13. The van der Waals surface area contributed by atoms with Gasteiger partial charge in [-0.1, -0.05) is 12.1 Å². The second kappa shape index (κ2) is 7.78. The number of methoxy groups -OCH3 is 1. The molecule has 0 aromatic heterocycles. The van der Waals surface area contributed by atoms with Gasteiger partial charge in [-0.3, -0.25) is 4.72 Å². The molecule has 140 valence electrons. The molecule has 7 heteroatoms. The predicted molar refractivity (Wildman–Crippen MR) is 100 cm³/mol. The summed E-state index contributed by atoms with van der Waals surface area (Å²) in [6.07, 6.45) is -0.278. The molecule has 2 rings (SSSR count). The van der Waals surface area contributed by atoms with Crippen LogP contribution >= 0.6 is 0 Å². The Morgan fingerprint density at radius 1 is 1.08 bits per heavy atom. The topological polar surface area (TPSA) is 81.7 Å². The summed E-state index contributed by atoms with van der Waals surface area (Å²) in [5.41, 5.74) is 1.86. The van der Waals surface area contributed by atoms with E-state index in [1.165, 1.54) is 25.3 Å². The second-order valence-corrected chi connectivity index (χ2v) is 7.89. The number of hydrogen-bond donors (Lipinski definition) is 1. The zero-order valence-electron chi connectivity index (χ0n) is 15.5. The van der Waals surface area contributed by atoms with Crippen LogP contribution in [0.2, 0.25) is 0 Å². The number of esters is 1. The van der Waals surface area contributed by atoms with Gasteiger partial charge < -0.3 is 9.47 Å². The van der Waals surface area contributed by atoms with Crippen molar-refractivity contribution in [3.05, 3.63) is 53.1 Å². The smallest absolute Gasteiger partial charge is 0.338 e. The van der Waals surface area contributed by atoms with Gasteiger partial charge in [-0.05, 0) is 63.1 Å². The molecule has 0 radical (unpaired) electrons. The number of rotatable bonds is 6. The van der Waals surface area contributed by atoms with Crippen molar-refractivity contribution < 1.29 is 22.7 Å². The van der Waals surface area contributed by atoms with Gasteiger partial charge in [-0.2, -0.15) is 0 Å². The molecule has 0 saturated carbocycles. The lowest BCUT2D eigenvalue weighted by molar-refractivity contribution is 0.0378. The fourth-order valence-corrected chi connectivity index (χ4v) is 3.79. The van der Waals surface area contributed by atoms with Crippen LogP contribution in [0.25, 0.3) is 0 Å².